The predicted octanol–water partition coefficient (Wildman–Crippen LogP) is 0.265. The van der Waals surface area contributed by atoms with Crippen molar-refractivity contribution in [1.82, 2.24) is 14.9 Å². The monoisotopic (exact) mass is 401 g/mol. The summed E-state index contributed by atoms with van der Waals surface area (Å²) in [4.78, 5) is 25.8. The molecule has 0 saturated carbocycles. The Morgan fingerprint density at radius 3 is 3.00 bits per heavy atom. The van der Waals surface area contributed by atoms with E-state index in [0.717, 1.165) is 16.9 Å². The largest absolute Gasteiger partial charge is 0.508 e. The van der Waals surface area contributed by atoms with E-state index in [9.17, 15) is 19.8 Å². The van der Waals surface area contributed by atoms with E-state index >= 15 is 0 Å². The number of nitrogens with one attached hydrogen (secondary N) is 2. The first-order valence-corrected chi connectivity index (χ1v) is 9.42. The fourth-order valence-corrected chi connectivity index (χ4v) is 3.56. The van der Waals surface area contributed by atoms with Crippen molar-refractivity contribution in [3.8, 4) is 11.5 Å². The molecule has 1 aromatic heterocycles. The second kappa shape index (κ2) is 7.86. The first-order chi connectivity index (χ1) is 13.9. The van der Waals surface area contributed by atoms with Gasteiger partial charge in [0.05, 0.1) is 12.2 Å². The number of aliphatic hydroxyl groups excluding tert-OH is 1. The number of benzene rings is 1. The van der Waals surface area contributed by atoms with E-state index in [1.165, 1.54) is 10.8 Å². The van der Waals surface area contributed by atoms with Crippen molar-refractivity contribution >= 4 is 6.08 Å². The van der Waals surface area contributed by atoms with Crippen LogP contribution in [0.5, 0.6) is 11.5 Å². The molecule has 29 heavy (non-hydrogen) atoms. The van der Waals surface area contributed by atoms with Crippen LogP contribution in [-0.4, -0.2) is 51.7 Å². The number of nitrogens with zero attached hydrogens (tertiary/aromatic N) is 1. The highest BCUT2D eigenvalue weighted by atomic mass is 16.5. The maximum Gasteiger partial charge on any atom is 0.330 e. The molecule has 0 aliphatic carbocycles. The third-order valence-corrected chi connectivity index (χ3v) is 5.12. The lowest BCUT2D eigenvalue weighted by Gasteiger charge is -2.20. The maximum atomic E-state index is 12.0. The number of rotatable bonds is 5. The molecule has 0 radical (unpaired) electrons. The van der Waals surface area contributed by atoms with Crippen molar-refractivity contribution in [1.29, 1.82) is 0 Å². The number of aryl methyl sites for hydroxylation is 1. The van der Waals surface area contributed by atoms with Gasteiger partial charge in [0, 0.05) is 36.8 Å². The number of phenols is 1. The fraction of sp³-hybridized carbons (Fsp3) is 0.400. The maximum absolute atomic E-state index is 12.0. The Hall–Kier alpha value is -2.88. The van der Waals surface area contributed by atoms with E-state index in [0.29, 0.717) is 25.3 Å². The zero-order valence-electron chi connectivity index (χ0n) is 15.9. The SMILES string of the molecule is Cc1cn([C@H]2C[C@H](O)[C@@H](CNCC3=Cc4cc(O)ccc4OC3)O2)c(=O)[nH]c1=O. The predicted molar refractivity (Wildman–Crippen MR) is 105 cm³/mol. The van der Waals surface area contributed by atoms with E-state index in [2.05, 4.69) is 10.3 Å². The van der Waals surface area contributed by atoms with Gasteiger partial charge in [-0.05, 0) is 36.8 Å². The Bertz CT molecular complexity index is 1060. The van der Waals surface area contributed by atoms with Gasteiger partial charge < -0.3 is 25.0 Å². The van der Waals surface area contributed by atoms with Gasteiger partial charge in [-0.25, -0.2) is 4.79 Å². The summed E-state index contributed by atoms with van der Waals surface area (Å²) in [5, 5.41) is 23.2. The Labute approximate surface area is 166 Å². The van der Waals surface area contributed by atoms with Gasteiger partial charge in [-0.1, -0.05) is 0 Å². The molecule has 3 heterocycles. The number of aromatic amines is 1. The Balaban J connectivity index is 1.36. The average molecular weight is 401 g/mol. The second-order valence-corrected chi connectivity index (χ2v) is 7.36. The normalized spacial score (nSPS) is 23.4. The number of aromatic nitrogens is 2. The zero-order valence-corrected chi connectivity index (χ0v) is 15.9. The third-order valence-electron chi connectivity index (χ3n) is 5.12. The molecule has 1 fully saturated rings. The van der Waals surface area contributed by atoms with Gasteiger partial charge in [-0.3, -0.25) is 14.3 Å². The van der Waals surface area contributed by atoms with Gasteiger partial charge in [-0.2, -0.15) is 0 Å². The first-order valence-electron chi connectivity index (χ1n) is 9.42. The molecule has 0 unspecified atom stereocenters. The topological polar surface area (TPSA) is 126 Å². The van der Waals surface area contributed by atoms with E-state index in [-0.39, 0.29) is 12.2 Å². The van der Waals surface area contributed by atoms with Gasteiger partial charge in [0.2, 0.25) is 0 Å². The smallest absolute Gasteiger partial charge is 0.330 e. The zero-order chi connectivity index (χ0) is 20.5. The molecule has 154 valence electrons. The summed E-state index contributed by atoms with van der Waals surface area (Å²) in [6.07, 6.45) is 1.82. The van der Waals surface area contributed by atoms with Crippen LogP contribution in [0, 0.1) is 6.92 Å². The molecule has 4 N–H and O–H groups in total. The lowest BCUT2D eigenvalue weighted by atomic mass is 10.1. The molecule has 2 aliphatic rings. The van der Waals surface area contributed by atoms with E-state index < -0.39 is 29.7 Å². The summed E-state index contributed by atoms with van der Waals surface area (Å²) in [5.74, 6) is 0.907. The molecule has 1 aromatic carbocycles. The van der Waals surface area contributed by atoms with Crippen LogP contribution in [-0.2, 0) is 4.74 Å². The minimum absolute atomic E-state index is 0.180. The molecule has 9 nitrogen and oxygen atoms in total. The standard InChI is InChI=1S/C20H23N3O6/c1-11-9-23(20(27)22-19(11)26)18-6-15(25)17(29-18)8-21-7-12-4-13-5-14(24)2-3-16(13)28-10-12/h2-5,9,15,17-18,21,24-25H,6-8,10H2,1H3,(H,22,26,27)/t15-,17+,18+/m0/s1. The molecule has 1 saturated heterocycles. The van der Waals surface area contributed by atoms with Crippen LogP contribution in [0.1, 0.15) is 23.8 Å². The molecule has 3 atom stereocenters. The lowest BCUT2D eigenvalue weighted by molar-refractivity contribution is -0.0189. The number of hydrogen-bond acceptors (Lipinski definition) is 7. The van der Waals surface area contributed by atoms with Crippen molar-refractivity contribution in [2.24, 2.45) is 0 Å². The summed E-state index contributed by atoms with van der Waals surface area (Å²) < 4.78 is 12.8. The molecule has 0 amide bonds. The van der Waals surface area contributed by atoms with Crippen molar-refractivity contribution < 1.29 is 19.7 Å². The van der Waals surface area contributed by atoms with Crippen LogP contribution < -0.4 is 21.3 Å². The van der Waals surface area contributed by atoms with Crippen molar-refractivity contribution in [3.05, 3.63) is 61.9 Å². The van der Waals surface area contributed by atoms with Crippen molar-refractivity contribution in [2.45, 2.75) is 31.8 Å². The minimum atomic E-state index is -0.735. The van der Waals surface area contributed by atoms with Gasteiger partial charge in [-0.15, -0.1) is 0 Å². The number of aliphatic hydroxyl groups is 1. The van der Waals surface area contributed by atoms with Crippen LogP contribution in [0.25, 0.3) is 6.08 Å². The molecule has 2 aromatic rings. The molecular weight excluding hydrogens is 378 g/mol. The van der Waals surface area contributed by atoms with E-state index in [1.807, 2.05) is 6.08 Å². The Kier molecular flexibility index (Phi) is 5.27. The fourth-order valence-electron chi connectivity index (χ4n) is 3.56. The summed E-state index contributed by atoms with van der Waals surface area (Å²) in [7, 11) is 0. The highest BCUT2D eigenvalue weighted by Crippen LogP contribution is 2.30. The molecule has 2 aliphatic heterocycles. The summed E-state index contributed by atoms with van der Waals surface area (Å²) in [5.41, 5.74) is 1.23. The number of phenolic OH excluding ortho intramolecular Hbond substituents is 1. The van der Waals surface area contributed by atoms with Gasteiger partial charge in [0.25, 0.3) is 5.56 Å². The number of fused-ring (bicyclic) bond motifs is 1. The first kappa shape index (κ1) is 19.4. The van der Waals surface area contributed by atoms with E-state index in [4.69, 9.17) is 9.47 Å². The summed E-state index contributed by atoms with van der Waals surface area (Å²) >= 11 is 0. The summed E-state index contributed by atoms with van der Waals surface area (Å²) in [6.45, 7) is 2.97. The quantitative estimate of drug-likeness (QED) is 0.566. The van der Waals surface area contributed by atoms with Crippen molar-refractivity contribution in [3.63, 3.8) is 0 Å². The molecular formula is C20H23N3O6. The highest BCUT2D eigenvalue weighted by molar-refractivity contribution is 5.64. The second-order valence-electron chi connectivity index (χ2n) is 7.36. The number of H-pyrrole nitrogens is 1. The summed E-state index contributed by atoms with van der Waals surface area (Å²) in [6, 6.07) is 4.96. The van der Waals surface area contributed by atoms with Crippen molar-refractivity contribution in [2.75, 3.05) is 19.7 Å². The number of hydrogen-bond donors (Lipinski definition) is 4. The lowest BCUT2D eigenvalue weighted by Crippen LogP contribution is -2.36. The molecule has 4 rings (SSSR count). The van der Waals surface area contributed by atoms with Gasteiger partial charge in [0.1, 0.15) is 24.3 Å². The third kappa shape index (κ3) is 4.12. The van der Waals surface area contributed by atoms with Crippen LogP contribution in [0.2, 0.25) is 0 Å². The van der Waals surface area contributed by atoms with Crippen LogP contribution >= 0.6 is 0 Å². The molecule has 0 bridgehead atoms. The average Bonchev–Trinajstić information content (AvgIpc) is 3.05. The van der Waals surface area contributed by atoms with Gasteiger partial charge in [0.15, 0.2) is 0 Å². The minimum Gasteiger partial charge on any atom is -0.508 e. The van der Waals surface area contributed by atoms with Gasteiger partial charge >= 0.3 is 5.69 Å². The van der Waals surface area contributed by atoms with Crippen LogP contribution in [0.3, 0.4) is 0 Å². The Morgan fingerprint density at radius 2 is 2.17 bits per heavy atom. The number of aromatic hydroxyl groups is 1. The van der Waals surface area contributed by atoms with Crippen LogP contribution in [0.4, 0.5) is 0 Å². The van der Waals surface area contributed by atoms with E-state index in [1.54, 1.807) is 25.1 Å². The molecule has 0 spiro atoms. The Morgan fingerprint density at radius 1 is 1.34 bits per heavy atom. The molecule has 9 heteroatoms. The number of ether oxygens (including phenoxy) is 2. The van der Waals surface area contributed by atoms with Crippen LogP contribution in [0.15, 0.2) is 39.6 Å². The highest BCUT2D eigenvalue weighted by Gasteiger charge is 2.35.